The molecule has 0 N–H and O–H groups in total. The molecule has 0 aliphatic rings. The van der Waals surface area contributed by atoms with Crippen LogP contribution in [0.4, 0.5) is 0 Å². The number of aryl methyl sites for hydroxylation is 1. The van der Waals surface area contributed by atoms with Crippen molar-refractivity contribution >= 4 is 17.3 Å². The first-order valence-corrected chi connectivity index (χ1v) is 8.09. The summed E-state index contributed by atoms with van der Waals surface area (Å²) in [7, 11) is 0. The molecule has 2 aromatic heterocycles. The summed E-state index contributed by atoms with van der Waals surface area (Å²) in [6.45, 7) is 2.75. The zero-order valence-corrected chi connectivity index (χ0v) is 13.4. The number of ether oxygens (including phenoxy) is 1. The average Bonchev–Trinajstić information content (AvgIpc) is 3.23. The van der Waals surface area contributed by atoms with E-state index in [9.17, 15) is 4.79 Å². The maximum absolute atomic E-state index is 12.1. The molecule has 0 spiro atoms. The average molecular weight is 329 g/mol. The third-order valence-corrected chi connectivity index (χ3v) is 4.00. The number of esters is 1. The second-order valence-corrected chi connectivity index (χ2v) is 5.66. The van der Waals surface area contributed by atoms with Gasteiger partial charge in [0.2, 0.25) is 0 Å². The van der Waals surface area contributed by atoms with Crippen LogP contribution in [0.5, 0.6) is 0 Å². The Labute approximate surface area is 136 Å². The van der Waals surface area contributed by atoms with Gasteiger partial charge in [0.1, 0.15) is 5.01 Å². The molecule has 118 valence electrons. The molecule has 0 aliphatic carbocycles. The lowest BCUT2D eigenvalue weighted by Gasteiger charge is -2.03. The molecule has 0 saturated carbocycles. The van der Waals surface area contributed by atoms with Gasteiger partial charge in [0.25, 0.3) is 0 Å². The van der Waals surface area contributed by atoms with Crippen LogP contribution in [0.1, 0.15) is 29.7 Å². The summed E-state index contributed by atoms with van der Waals surface area (Å²) in [5, 5.41) is 13.8. The summed E-state index contributed by atoms with van der Waals surface area (Å²) in [5.74, 6) is 0.0493. The van der Waals surface area contributed by atoms with E-state index in [1.165, 1.54) is 11.3 Å². The van der Waals surface area contributed by atoms with E-state index >= 15 is 0 Å². The molecule has 0 saturated heterocycles. The van der Waals surface area contributed by atoms with Crippen LogP contribution in [0.15, 0.2) is 35.7 Å². The van der Waals surface area contributed by atoms with E-state index in [0.29, 0.717) is 18.1 Å². The Morgan fingerprint density at radius 2 is 2.13 bits per heavy atom. The normalized spacial score (nSPS) is 10.7. The third-order valence-electron chi connectivity index (χ3n) is 3.11. The molecule has 0 fully saturated rings. The molecule has 0 bridgehead atoms. The quantitative estimate of drug-likeness (QED) is 0.646. The Morgan fingerprint density at radius 3 is 2.91 bits per heavy atom. The van der Waals surface area contributed by atoms with Crippen molar-refractivity contribution in [3.63, 3.8) is 0 Å². The topological polar surface area (TPSA) is 82.8 Å². The van der Waals surface area contributed by atoms with Crippen molar-refractivity contribution in [2.75, 3.05) is 0 Å². The monoisotopic (exact) mass is 329 g/mol. The lowest BCUT2D eigenvalue weighted by Crippen LogP contribution is -2.11. The first-order valence-electron chi connectivity index (χ1n) is 7.21. The zero-order valence-electron chi connectivity index (χ0n) is 12.5. The second kappa shape index (κ2) is 7.10. The van der Waals surface area contributed by atoms with Crippen molar-refractivity contribution in [3.05, 3.63) is 47.2 Å². The van der Waals surface area contributed by atoms with Gasteiger partial charge in [0, 0.05) is 17.5 Å². The molecule has 23 heavy (non-hydrogen) atoms. The fraction of sp³-hybridized carbons (Fsp3) is 0.267. The lowest BCUT2D eigenvalue weighted by atomic mass is 10.2. The molecule has 0 unspecified atom stereocenters. The van der Waals surface area contributed by atoms with E-state index in [0.717, 1.165) is 17.0 Å². The van der Waals surface area contributed by atoms with Crippen LogP contribution in [-0.2, 0) is 17.9 Å². The van der Waals surface area contributed by atoms with Crippen LogP contribution in [0.2, 0.25) is 0 Å². The molecular weight excluding hydrogens is 314 g/mol. The highest BCUT2D eigenvalue weighted by Gasteiger charge is 2.15. The summed E-state index contributed by atoms with van der Waals surface area (Å²) in [4.78, 5) is 16.4. The number of rotatable bonds is 6. The highest BCUT2D eigenvalue weighted by Crippen LogP contribution is 2.23. The van der Waals surface area contributed by atoms with Gasteiger partial charge in [0.15, 0.2) is 18.1 Å². The lowest BCUT2D eigenvalue weighted by molar-refractivity contribution is 0.0450. The number of tetrazole rings is 1. The molecule has 0 aliphatic heterocycles. The number of hydrogen-bond acceptors (Lipinski definition) is 7. The van der Waals surface area contributed by atoms with Crippen LogP contribution < -0.4 is 0 Å². The molecule has 0 radical (unpaired) electrons. The standard InChI is InChI=1S/C15H15N5O2S/c1-2-8-20-13(17-18-19-20)9-22-15(21)12-10-23-14(16-12)11-6-4-3-5-7-11/h3-7,10H,2,8-9H2,1H3. The first kappa shape index (κ1) is 15.3. The first-order chi connectivity index (χ1) is 11.3. The van der Waals surface area contributed by atoms with Crippen molar-refractivity contribution in [2.24, 2.45) is 0 Å². The molecule has 0 atom stereocenters. The van der Waals surface area contributed by atoms with E-state index in [4.69, 9.17) is 4.74 Å². The van der Waals surface area contributed by atoms with Gasteiger partial charge in [-0.1, -0.05) is 37.3 Å². The Kier molecular flexibility index (Phi) is 4.72. The minimum Gasteiger partial charge on any atom is -0.453 e. The minimum atomic E-state index is -0.477. The summed E-state index contributed by atoms with van der Waals surface area (Å²) >= 11 is 1.41. The fourth-order valence-electron chi connectivity index (χ4n) is 2.00. The Morgan fingerprint density at radius 1 is 1.30 bits per heavy atom. The molecule has 1 aromatic carbocycles. The highest BCUT2D eigenvalue weighted by atomic mass is 32.1. The summed E-state index contributed by atoms with van der Waals surface area (Å²) < 4.78 is 6.88. The summed E-state index contributed by atoms with van der Waals surface area (Å²) in [5.41, 5.74) is 1.27. The molecule has 3 rings (SSSR count). The zero-order chi connectivity index (χ0) is 16.1. The van der Waals surface area contributed by atoms with Crippen molar-refractivity contribution in [3.8, 4) is 10.6 Å². The minimum absolute atomic E-state index is 0.0318. The number of nitrogens with zero attached hydrogens (tertiary/aromatic N) is 5. The number of benzene rings is 1. The van der Waals surface area contributed by atoms with Gasteiger partial charge in [-0.05, 0) is 16.8 Å². The Balaban J connectivity index is 1.65. The summed E-state index contributed by atoms with van der Waals surface area (Å²) in [6.07, 6.45) is 0.901. The number of aromatic nitrogens is 5. The van der Waals surface area contributed by atoms with E-state index in [-0.39, 0.29) is 6.61 Å². The van der Waals surface area contributed by atoms with Gasteiger partial charge in [-0.15, -0.1) is 16.4 Å². The predicted octanol–water partition coefficient (Wildman–Crippen LogP) is 2.56. The fourth-order valence-corrected chi connectivity index (χ4v) is 2.79. The van der Waals surface area contributed by atoms with E-state index in [2.05, 4.69) is 20.5 Å². The molecule has 0 amide bonds. The highest BCUT2D eigenvalue weighted by molar-refractivity contribution is 7.13. The molecule has 3 aromatic rings. The SMILES string of the molecule is CCCn1nnnc1COC(=O)c1csc(-c2ccccc2)n1. The van der Waals surface area contributed by atoms with Crippen molar-refractivity contribution < 1.29 is 9.53 Å². The predicted molar refractivity (Wildman–Crippen MR) is 84.8 cm³/mol. The van der Waals surface area contributed by atoms with Gasteiger partial charge in [-0.2, -0.15) is 0 Å². The second-order valence-electron chi connectivity index (χ2n) is 4.80. The number of carbonyl (C=O) groups is 1. The molecular formula is C15H15N5O2S. The number of hydrogen-bond donors (Lipinski definition) is 0. The largest absolute Gasteiger partial charge is 0.453 e. The maximum atomic E-state index is 12.1. The van der Waals surface area contributed by atoms with E-state index in [1.807, 2.05) is 37.3 Å². The third kappa shape index (κ3) is 3.59. The van der Waals surface area contributed by atoms with Crippen molar-refractivity contribution in [1.82, 2.24) is 25.2 Å². The van der Waals surface area contributed by atoms with Crippen LogP contribution >= 0.6 is 11.3 Å². The van der Waals surface area contributed by atoms with Crippen molar-refractivity contribution in [2.45, 2.75) is 26.5 Å². The summed E-state index contributed by atoms with van der Waals surface area (Å²) in [6, 6.07) is 9.71. The molecule has 7 nitrogen and oxygen atoms in total. The van der Waals surface area contributed by atoms with E-state index in [1.54, 1.807) is 10.1 Å². The maximum Gasteiger partial charge on any atom is 0.358 e. The number of thiazole rings is 1. The van der Waals surface area contributed by atoms with Gasteiger partial charge >= 0.3 is 5.97 Å². The van der Waals surface area contributed by atoms with Crippen LogP contribution in [-0.4, -0.2) is 31.2 Å². The van der Waals surface area contributed by atoms with Crippen LogP contribution in [0.3, 0.4) is 0 Å². The smallest absolute Gasteiger partial charge is 0.358 e. The Bertz CT molecular complexity index is 784. The van der Waals surface area contributed by atoms with E-state index < -0.39 is 5.97 Å². The van der Waals surface area contributed by atoms with Gasteiger partial charge in [0.05, 0.1) is 0 Å². The number of carbonyl (C=O) groups excluding carboxylic acids is 1. The van der Waals surface area contributed by atoms with Crippen molar-refractivity contribution in [1.29, 1.82) is 0 Å². The van der Waals surface area contributed by atoms with Crippen LogP contribution in [0, 0.1) is 0 Å². The molecule has 8 heteroatoms. The van der Waals surface area contributed by atoms with Gasteiger partial charge in [-0.25, -0.2) is 14.5 Å². The Hall–Kier alpha value is -2.61. The van der Waals surface area contributed by atoms with Gasteiger partial charge in [-0.3, -0.25) is 0 Å². The van der Waals surface area contributed by atoms with Gasteiger partial charge < -0.3 is 4.74 Å². The molecule has 2 heterocycles. The van der Waals surface area contributed by atoms with Crippen LogP contribution in [0.25, 0.3) is 10.6 Å².